The summed E-state index contributed by atoms with van der Waals surface area (Å²) in [5, 5.41) is 8.75. The molecule has 0 amide bonds. The topological polar surface area (TPSA) is 80.3 Å². The molecule has 0 spiro atoms. The van der Waals surface area contributed by atoms with Crippen LogP contribution in [0.5, 0.6) is 0 Å². The Morgan fingerprint density at radius 3 is 2.64 bits per heavy atom. The molecule has 150 valence electrons. The molecule has 8 heteroatoms. The van der Waals surface area contributed by atoms with E-state index in [9.17, 15) is 4.79 Å². The zero-order valence-electron chi connectivity index (χ0n) is 16.3. The van der Waals surface area contributed by atoms with Crippen LogP contribution < -0.4 is 5.56 Å². The van der Waals surface area contributed by atoms with Gasteiger partial charge in [-0.25, -0.2) is 4.68 Å². The van der Waals surface area contributed by atoms with Gasteiger partial charge in [0.25, 0.3) is 5.56 Å². The van der Waals surface area contributed by atoms with Gasteiger partial charge in [-0.3, -0.25) is 14.6 Å². The first-order chi connectivity index (χ1) is 13.7. The van der Waals surface area contributed by atoms with Crippen molar-refractivity contribution >= 4 is 0 Å². The minimum absolute atomic E-state index is 0.0443. The second-order valence-corrected chi connectivity index (χ2v) is 8.33. The Bertz CT molecular complexity index is 879. The standard InChI is InChI=1S/C20H28N6O2/c27-19-13-16-3-1-2-4-17(16)22-26(19)12-11-24-7-9-25(10-8-24)14-18-21-20(28-23-18)15-5-6-15/h13,15H,1-12,14H2. The lowest BCUT2D eigenvalue weighted by molar-refractivity contribution is 0.119. The van der Waals surface area contributed by atoms with E-state index in [2.05, 4.69) is 25.0 Å². The Morgan fingerprint density at radius 2 is 1.82 bits per heavy atom. The Morgan fingerprint density at radius 1 is 1.04 bits per heavy atom. The van der Waals surface area contributed by atoms with Crippen LogP contribution in [0.15, 0.2) is 15.4 Å². The summed E-state index contributed by atoms with van der Waals surface area (Å²) >= 11 is 0. The van der Waals surface area contributed by atoms with Gasteiger partial charge in [0.05, 0.1) is 18.8 Å². The van der Waals surface area contributed by atoms with E-state index in [1.165, 1.54) is 25.7 Å². The van der Waals surface area contributed by atoms with Gasteiger partial charge < -0.3 is 4.52 Å². The third-order valence-electron chi connectivity index (χ3n) is 6.14. The Hall–Kier alpha value is -2.06. The fourth-order valence-electron chi connectivity index (χ4n) is 4.20. The summed E-state index contributed by atoms with van der Waals surface area (Å²) in [7, 11) is 0. The van der Waals surface area contributed by atoms with Gasteiger partial charge in [0.2, 0.25) is 5.89 Å². The van der Waals surface area contributed by atoms with Crippen LogP contribution in [0, 0.1) is 0 Å². The predicted octanol–water partition coefficient (Wildman–Crippen LogP) is 1.20. The van der Waals surface area contributed by atoms with Crippen LogP contribution in [-0.2, 0) is 25.9 Å². The molecule has 0 aromatic carbocycles. The zero-order chi connectivity index (χ0) is 18.9. The molecule has 0 N–H and O–H groups in total. The number of fused-ring (bicyclic) bond motifs is 1. The van der Waals surface area contributed by atoms with E-state index >= 15 is 0 Å². The summed E-state index contributed by atoms with van der Waals surface area (Å²) in [6, 6.07) is 1.81. The second-order valence-electron chi connectivity index (χ2n) is 8.33. The summed E-state index contributed by atoms with van der Waals surface area (Å²) in [6.07, 6.45) is 6.73. The quantitative estimate of drug-likeness (QED) is 0.740. The van der Waals surface area contributed by atoms with Crippen molar-refractivity contribution in [3.8, 4) is 0 Å². The van der Waals surface area contributed by atoms with Gasteiger partial charge in [0.1, 0.15) is 0 Å². The Labute approximate surface area is 164 Å². The molecule has 1 saturated heterocycles. The van der Waals surface area contributed by atoms with Gasteiger partial charge in [-0.1, -0.05) is 5.16 Å². The first-order valence-corrected chi connectivity index (χ1v) is 10.6. The van der Waals surface area contributed by atoms with Crippen molar-refractivity contribution in [2.45, 2.75) is 57.5 Å². The third kappa shape index (κ3) is 4.03. The molecule has 1 aliphatic heterocycles. The molecule has 1 saturated carbocycles. The normalized spacial score (nSPS) is 21.0. The molecule has 0 atom stereocenters. The van der Waals surface area contributed by atoms with Gasteiger partial charge in [-0.2, -0.15) is 10.1 Å². The van der Waals surface area contributed by atoms with Crippen molar-refractivity contribution in [2.75, 3.05) is 32.7 Å². The van der Waals surface area contributed by atoms with Crippen molar-refractivity contribution < 1.29 is 4.52 Å². The highest BCUT2D eigenvalue weighted by Gasteiger charge is 2.30. The van der Waals surface area contributed by atoms with E-state index in [-0.39, 0.29) is 5.56 Å². The van der Waals surface area contributed by atoms with Crippen LogP contribution in [0.25, 0.3) is 0 Å². The Kier molecular flexibility index (Phi) is 4.98. The van der Waals surface area contributed by atoms with Crippen LogP contribution in [0.1, 0.15) is 54.6 Å². The predicted molar refractivity (Wildman–Crippen MR) is 103 cm³/mol. The highest BCUT2D eigenvalue weighted by atomic mass is 16.5. The van der Waals surface area contributed by atoms with Crippen LogP contribution in [0.4, 0.5) is 0 Å². The molecule has 3 aliphatic rings. The molecule has 8 nitrogen and oxygen atoms in total. The average molecular weight is 384 g/mol. The molecule has 3 heterocycles. The number of aryl methyl sites for hydroxylation is 2. The summed E-state index contributed by atoms with van der Waals surface area (Å²) in [5.41, 5.74) is 2.33. The smallest absolute Gasteiger partial charge is 0.267 e. The van der Waals surface area contributed by atoms with Crippen LogP contribution >= 0.6 is 0 Å². The van der Waals surface area contributed by atoms with Crippen molar-refractivity contribution in [1.29, 1.82) is 0 Å². The first kappa shape index (κ1) is 18.0. The minimum atomic E-state index is 0.0443. The van der Waals surface area contributed by atoms with E-state index in [1.54, 1.807) is 10.7 Å². The molecule has 0 unspecified atom stereocenters. The van der Waals surface area contributed by atoms with Crippen molar-refractivity contribution in [2.24, 2.45) is 0 Å². The summed E-state index contributed by atoms with van der Waals surface area (Å²) in [5.74, 6) is 2.13. The van der Waals surface area contributed by atoms with Crippen molar-refractivity contribution in [3.05, 3.63) is 39.4 Å². The summed E-state index contributed by atoms with van der Waals surface area (Å²) in [4.78, 5) is 21.6. The largest absolute Gasteiger partial charge is 0.339 e. The lowest BCUT2D eigenvalue weighted by Gasteiger charge is -2.34. The lowest BCUT2D eigenvalue weighted by Crippen LogP contribution is -2.47. The second kappa shape index (κ2) is 7.75. The molecule has 28 heavy (non-hydrogen) atoms. The maximum absolute atomic E-state index is 12.3. The SMILES string of the molecule is O=c1cc2c(nn1CCN1CCN(Cc3noc(C4CC4)n3)CC1)CCCC2. The first-order valence-electron chi connectivity index (χ1n) is 10.6. The van der Waals surface area contributed by atoms with Gasteiger partial charge >= 0.3 is 0 Å². The van der Waals surface area contributed by atoms with E-state index in [0.717, 1.165) is 75.1 Å². The fraction of sp³-hybridized carbons (Fsp3) is 0.700. The molecular formula is C20H28N6O2. The number of nitrogens with zero attached hydrogens (tertiary/aromatic N) is 6. The third-order valence-corrected chi connectivity index (χ3v) is 6.14. The van der Waals surface area contributed by atoms with Crippen LogP contribution in [-0.4, -0.2) is 62.4 Å². The van der Waals surface area contributed by atoms with Gasteiger partial charge in [0.15, 0.2) is 5.82 Å². The van der Waals surface area contributed by atoms with Gasteiger partial charge in [-0.15, -0.1) is 0 Å². The molecule has 0 bridgehead atoms. The molecule has 0 radical (unpaired) electrons. The summed E-state index contributed by atoms with van der Waals surface area (Å²) < 4.78 is 7.01. The molecule has 2 fully saturated rings. The average Bonchev–Trinajstić information content (AvgIpc) is 3.47. The van der Waals surface area contributed by atoms with Crippen LogP contribution in [0.3, 0.4) is 0 Å². The zero-order valence-corrected chi connectivity index (χ0v) is 16.3. The Balaban J connectivity index is 1.11. The number of hydrogen-bond acceptors (Lipinski definition) is 7. The lowest BCUT2D eigenvalue weighted by atomic mass is 9.97. The number of aromatic nitrogens is 4. The maximum Gasteiger partial charge on any atom is 0.267 e. The van der Waals surface area contributed by atoms with E-state index in [4.69, 9.17) is 4.52 Å². The number of hydrogen-bond donors (Lipinski definition) is 0. The number of piperazine rings is 1. The van der Waals surface area contributed by atoms with Crippen molar-refractivity contribution in [1.82, 2.24) is 29.7 Å². The van der Waals surface area contributed by atoms with E-state index < -0.39 is 0 Å². The highest BCUT2D eigenvalue weighted by molar-refractivity contribution is 5.20. The molecule has 2 aliphatic carbocycles. The van der Waals surface area contributed by atoms with Crippen LogP contribution in [0.2, 0.25) is 0 Å². The van der Waals surface area contributed by atoms with Gasteiger partial charge in [0, 0.05) is 44.7 Å². The van der Waals surface area contributed by atoms with E-state index in [0.29, 0.717) is 12.5 Å². The molecule has 2 aromatic heterocycles. The fourth-order valence-corrected chi connectivity index (χ4v) is 4.20. The maximum atomic E-state index is 12.3. The number of rotatable bonds is 6. The molecule has 2 aromatic rings. The highest BCUT2D eigenvalue weighted by Crippen LogP contribution is 2.38. The molecule has 5 rings (SSSR count). The summed E-state index contributed by atoms with van der Waals surface area (Å²) in [6.45, 7) is 6.25. The minimum Gasteiger partial charge on any atom is -0.339 e. The monoisotopic (exact) mass is 384 g/mol. The van der Waals surface area contributed by atoms with E-state index in [1.807, 2.05) is 0 Å². The molecular weight excluding hydrogens is 356 g/mol. The van der Waals surface area contributed by atoms with Crippen molar-refractivity contribution in [3.63, 3.8) is 0 Å². The van der Waals surface area contributed by atoms with Gasteiger partial charge in [-0.05, 0) is 44.1 Å².